The summed E-state index contributed by atoms with van der Waals surface area (Å²) in [6.07, 6.45) is 2.40. The highest BCUT2D eigenvalue weighted by atomic mass is 79.9. The Hall–Kier alpha value is -0.410. The van der Waals surface area contributed by atoms with E-state index in [9.17, 15) is 8.42 Å². The lowest BCUT2D eigenvalue weighted by atomic mass is 10.4. The van der Waals surface area contributed by atoms with E-state index in [1.807, 2.05) is 0 Å². The summed E-state index contributed by atoms with van der Waals surface area (Å²) in [6.45, 7) is 3.73. The van der Waals surface area contributed by atoms with Crippen molar-refractivity contribution in [2.75, 3.05) is 19.6 Å². The van der Waals surface area contributed by atoms with Gasteiger partial charge in [-0.05, 0) is 35.3 Å². The van der Waals surface area contributed by atoms with Crippen LogP contribution in [0.2, 0.25) is 0 Å². The van der Waals surface area contributed by atoms with Crippen molar-refractivity contribution in [1.29, 1.82) is 0 Å². The average Bonchev–Trinajstić information content (AvgIpc) is 3.17. The van der Waals surface area contributed by atoms with Gasteiger partial charge in [0.25, 0.3) is 0 Å². The second kappa shape index (κ2) is 6.57. The second-order valence-electron chi connectivity index (χ2n) is 4.77. The van der Waals surface area contributed by atoms with Gasteiger partial charge in [-0.15, -0.1) is 0 Å². The van der Waals surface area contributed by atoms with Crippen LogP contribution in [0.5, 0.6) is 0 Å². The lowest BCUT2D eigenvalue weighted by Crippen LogP contribution is -2.36. The van der Waals surface area contributed by atoms with Crippen LogP contribution in [0.15, 0.2) is 20.0 Å². The molecule has 2 rings (SSSR count). The quantitative estimate of drug-likeness (QED) is 0.724. The fraction of sp³-hybridized carbons (Fsp3) is 0.667. The molecule has 1 aromatic heterocycles. The molecule has 1 aliphatic rings. The summed E-state index contributed by atoms with van der Waals surface area (Å²) in [5, 5.41) is 8.95. The van der Waals surface area contributed by atoms with Gasteiger partial charge in [0.1, 0.15) is 17.3 Å². The van der Waals surface area contributed by atoms with Crippen LogP contribution >= 0.6 is 15.9 Å². The minimum Gasteiger partial charge on any atom is -0.450 e. The highest BCUT2D eigenvalue weighted by molar-refractivity contribution is 9.10. The third-order valence-electron chi connectivity index (χ3n) is 3.31. The van der Waals surface area contributed by atoms with Gasteiger partial charge in [0.15, 0.2) is 4.67 Å². The third kappa shape index (κ3) is 3.82. The molecule has 0 radical (unpaired) electrons. The summed E-state index contributed by atoms with van der Waals surface area (Å²) < 4.78 is 32.0. The molecule has 1 fully saturated rings. The van der Waals surface area contributed by atoms with E-state index < -0.39 is 10.0 Å². The second-order valence-corrected chi connectivity index (χ2v) is 7.22. The molecule has 0 unspecified atom stereocenters. The van der Waals surface area contributed by atoms with Gasteiger partial charge in [0, 0.05) is 25.2 Å². The van der Waals surface area contributed by atoms with E-state index in [0.29, 0.717) is 19.1 Å². The van der Waals surface area contributed by atoms with E-state index in [1.54, 1.807) is 0 Å². The molecule has 1 aliphatic carbocycles. The van der Waals surface area contributed by atoms with Gasteiger partial charge >= 0.3 is 0 Å². The predicted molar refractivity (Wildman–Crippen MR) is 77.8 cm³/mol. The molecular weight excluding hydrogens is 348 g/mol. The van der Waals surface area contributed by atoms with Crippen LogP contribution in [0, 0.1) is 0 Å². The number of halogens is 1. The number of rotatable bonds is 8. The van der Waals surface area contributed by atoms with E-state index >= 15 is 0 Å². The summed E-state index contributed by atoms with van der Waals surface area (Å²) >= 11 is 3.05. The van der Waals surface area contributed by atoms with E-state index in [1.165, 1.54) is 18.9 Å². The first-order valence-corrected chi connectivity index (χ1v) is 8.88. The summed E-state index contributed by atoms with van der Waals surface area (Å²) in [5.74, 6) is 0.213. The number of hydrogen-bond donors (Lipinski definition) is 2. The maximum absolute atomic E-state index is 12.1. The maximum atomic E-state index is 12.1. The van der Waals surface area contributed by atoms with Gasteiger partial charge in [-0.2, -0.15) is 0 Å². The zero-order valence-electron chi connectivity index (χ0n) is 11.3. The van der Waals surface area contributed by atoms with Crippen molar-refractivity contribution in [2.45, 2.75) is 37.3 Å². The Labute approximate surface area is 127 Å². The van der Waals surface area contributed by atoms with E-state index in [0.717, 1.165) is 6.54 Å². The Bertz CT molecular complexity index is 554. The van der Waals surface area contributed by atoms with Crippen LogP contribution in [0.1, 0.15) is 25.5 Å². The summed E-state index contributed by atoms with van der Waals surface area (Å²) in [7, 11) is -3.62. The number of likely N-dealkylation sites (N-methyl/N-ethyl adjacent to an activating group) is 1. The van der Waals surface area contributed by atoms with E-state index in [4.69, 9.17) is 9.52 Å². The molecule has 1 heterocycles. The van der Waals surface area contributed by atoms with Crippen molar-refractivity contribution in [3.05, 3.63) is 16.5 Å². The first-order chi connectivity index (χ1) is 9.47. The SMILES string of the molecule is CCN(CCNS(=O)(=O)c1cc(CO)oc1Br)C1CC1. The molecule has 1 saturated carbocycles. The van der Waals surface area contributed by atoms with Crippen molar-refractivity contribution in [1.82, 2.24) is 9.62 Å². The fourth-order valence-corrected chi connectivity index (χ4v) is 4.12. The number of hydrogen-bond acceptors (Lipinski definition) is 5. The molecule has 6 nitrogen and oxygen atoms in total. The molecule has 2 N–H and O–H groups in total. The molecule has 0 aliphatic heterocycles. The Kier molecular flexibility index (Phi) is 5.25. The molecule has 114 valence electrons. The molecule has 0 atom stereocenters. The highest BCUT2D eigenvalue weighted by Crippen LogP contribution is 2.27. The van der Waals surface area contributed by atoms with Gasteiger partial charge < -0.3 is 9.52 Å². The van der Waals surface area contributed by atoms with Crippen molar-refractivity contribution in [2.24, 2.45) is 0 Å². The van der Waals surface area contributed by atoms with Crippen LogP contribution in [0.3, 0.4) is 0 Å². The van der Waals surface area contributed by atoms with Crippen LogP contribution < -0.4 is 4.72 Å². The first kappa shape index (κ1) is 16.0. The lowest BCUT2D eigenvalue weighted by Gasteiger charge is -2.19. The number of aliphatic hydroxyl groups is 1. The van der Waals surface area contributed by atoms with Crippen LogP contribution in [-0.2, 0) is 16.6 Å². The number of sulfonamides is 1. The standard InChI is InChI=1S/C12H19BrN2O4S/c1-2-15(9-3-4-9)6-5-14-20(17,18)11-7-10(8-16)19-12(11)13/h7,9,14,16H,2-6,8H2,1H3. The lowest BCUT2D eigenvalue weighted by molar-refractivity contribution is 0.245. The Morgan fingerprint density at radius 3 is 2.75 bits per heavy atom. The zero-order chi connectivity index (χ0) is 14.8. The van der Waals surface area contributed by atoms with Gasteiger partial charge in [0.05, 0.1) is 0 Å². The highest BCUT2D eigenvalue weighted by Gasteiger charge is 2.28. The minimum atomic E-state index is -3.62. The zero-order valence-corrected chi connectivity index (χ0v) is 13.7. The molecule has 1 aromatic rings. The number of aliphatic hydroxyl groups excluding tert-OH is 1. The first-order valence-electron chi connectivity index (χ1n) is 6.60. The predicted octanol–water partition coefficient (Wildman–Crippen LogP) is 1.30. The van der Waals surface area contributed by atoms with Crippen LogP contribution in [-0.4, -0.2) is 44.1 Å². The van der Waals surface area contributed by atoms with Gasteiger partial charge in [0.2, 0.25) is 10.0 Å². The Morgan fingerprint density at radius 1 is 1.55 bits per heavy atom. The molecule has 8 heteroatoms. The number of furan rings is 1. The van der Waals surface area contributed by atoms with Crippen molar-refractivity contribution >= 4 is 26.0 Å². The summed E-state index contributed by atoms with van der Waals surface area (Å²) in [5.41, 5.74) is 0. The molecular formula is C12H19BrN2O4S. The van der Waals surface area contributed by atoms with Crippen LogP contribution in [0.25, 0.3) is 0 Å². The summed E-state index contributed by atoms with van der Waals surface area (Å²) in [4.78, 5) is 2.29. The molecule has 0 spiro atoms. The van der Waals surface area contributed by atoms with Gasteiger partial charge in [-0.25, -0.2) is 13.1 Å². The minimum absolute atomic E-state index is 0.0241. The molecule has 0 saturated heterocycles. The molecule has 0 bridgehead atoms. The molecule has 0 amide bonds. The van der Waals surface area contributed by atoms with Gasteiger partial charge in [-0.1, -0.05) is 6.92 Å². The van der Waals surface area contributed by atoms with Crippen molar-refractivity contribution in [3.8, 4) is 0 Å². The molecule has 0 aromatic carbocycles. The monoisotopic (exact) mass is 366 g/mol. The van der Waals surface area contributed by atoms with Crippen molar-refractivity contribution < 1.29 is 17.9 Å². The normalized spacial score (nSPS) is 16.0. The molecule has 20 heavy (non-hydrogen) atoms. The van der Waals surface area contributed by atoms with Crippen molar-refractivity contribution in [3.63, 3.8) is 0 Å². The number of nitrogens with zero attached hydrogens (tertiary/aromatic N) is 1. The van der Waals surface area contributed by atoms with E-state index in [-0.39, 0.29) is 21.9 Å². The largest absolute Gasteiger partial charge is 0.450 e. The Morgan fingerprint density at radius 2 is 2.25 bits per heavy atom. The number of nitrogens with one attached hydrogen (secondary N) is 1. The third-order valence-corrected chi connectivity index (χ3v) is 5.63. The van der Waals surface area contributed by atoms with Gasteiger partial charge in [-0.3, -0.25) is 4.90 Å². The maximum Gasteiger partial charge on any atom is 0.245 e. The average molecular weight is 367 g/mol. The fourth-order valence-electron chi connectivity index (χ4n) is 2.10. The Balaban J connectivity index is 1.94. The van der Waals surface area contributed by atoms with E-state index in [2.05, 4.69) is 32.5 Å². The van der Waals surface area contributed by atoms with Crippen LogP contribution in [0.4, 0.5) is 0 Å². The smallest absolute Gasteiger partial charge is 0.245 e. The summed E-state index contributed by atoms with van der Waals surface area (Å²) in [6, 6.07) is 1.94. The topological polar surface area (TPSA) is 82.8 Å².